The molecule has 0 aromatic rings. The summed E-state index contributed by atoms with van der Waals surface area (Å²) in [6.07, 6.45) is 0.488. The molecule has 9 heavy (non-hydrogen) atoms. The fourth-order valence-corrected chi connectivity index (χ4v) is 0.870. The molecule has 0 radical (unpaired) electrons. The molecule has 3 nitrogen and oxygen atoms in total. The minimum Gasteiger partial charge on any atom is -0.480 e. The van der Waals surface area contributed by atoms with Crippen LogP contribution in [0.5, 0.6) is 0 Å². The third-order valence-electron chi connectivity index (χ3n) is 0.872. The third kappa shape index (κ3) is 3.66. The van der Waals surface area contributed by atoms with Crippen LogP contribution < -0.4 is 4.72 Å². The molecule has 0 aromatic carbocycles. The van der Waals surface area contributed by atoms with Gasteiger partial charge in [0.2, 0.25) is 0 Å². The number of hydrogen-bond donors (Lipinski definition) is 4. The summed E-state index contributed by atoms with van der Waals surface area (Å²) in [4.78, 5) is 10.2. The number of thiol groups is 2. The Morgan fingerprint density at radius 3 is 2.44 bits per heavy atom. The van der Waals surface area contributed by atoms with E-state index in [1.165, 1.54) is 0 Å². The molecule has 0 spiro atoms. The van der Waals surface area contributed by atoms with Gasteiger partial charge in [-0.25, -0.2) is 0 Å². The van der Waals surface area contributed by atoms with E-state index in [9.17, 15) is 4.79 Å². The molecule has 0 bridgehead atoms. The van der Waals surface area contributed by atoms with Gasteiger partial charge in [0, 0.05) is 0 Å². The van der Waals surface area contributed by atoms with Gasteiger partial charge in [-0.2, -0.15) is 12.6 Å². The number of carbonyl (C=O) groups is 1. The summed E-state index contributed by atoms with van der Waals surface area (Å²) in [5.74, 6) is -0.344. The van der Waals surface area contributed by atoms with Crippen molar-refractivity contribution in [3.05, 3.63) is 0 Å². The maximum atomic E-state index is 10.2. The van der Waals surface area contributed by atoms with Crippen LogP contribution in [0.25, 0.3) is 0 Å². The zero-order chi connectivity index (χ0) is 7.28. The lowest BCUT2D eigenvalue weighted by Crippen LogP contribution is -2.30. The van der Waals surface area contributed by atoms with Crippen LogP contribution >= 0.6 is 25.4 Å². The van der Waals surface area contributed by atoms with Gasteiger partial charge in [0.05, 0.1) is 0 Å². The molecular weight excluding hydrogens is 158 g/mol. The third-order valence-corrected chi connectivity index (χ3v) is 1.44. The fourth-order valence-electron chi connectivity index (χ4n) is 0.372. The van der Waals surface area contributed by atoms with Crippen molar-refractivity contribution in [1.29, 1.82) is 0 Å². The minimum atomic E-state index is -0.890. The molecule has 1 atom stereocenters. The van der Waals surface area contributed by atoms with Crippen molar-refractivity contribution in [3.8, 4) is 0 Å². The molecule has 0 fully saturated rings. The Morgan fingerprint density at radius 2 is 2.33 bits per heavy atom. The number of rotatable bonds is 4. The van der Waals surface area contributed by atoms with Gasteiger partial charge < -0.3 is 5.11 Å². The molecule has 0 saturated heterocycles. The second kappa shape index (κ2) is 4.96. The van der Waals surface area contributed by atoms with Gasteiger partial charge in [0.25, 0.3) is 0 Å². The van der Waals surface area contributed by atoms with Gasteiger partial charge in [-0.1, -0.05) is 12.8 Å². The van der Waals surface area contributed by atoms with E-state index in [4.69, 9.17) is 5.11 Å². The Hall–Kier alpha value is 0.130. The first kappa shape index (κ1) is 9.13. The Bertz CT molecular complexity index is 98.6. The molecule has 0 aromatic heterocycles. The van der Waals surface area contributed by atoms with Crippen molar-refractivity contribution in [2.24, 2.45) is 0 Å². The molecule has 0 aliphatic heterocycles. The summed E-state index contributed by atoms with van der Waals surface area (Å²) in [6.45, 7) is 0. The predicted octanol–water partition coefficient (Wildman–Crippen LogP) is 0.194. The molecule has 0 aliphatic rings. The van der Waals surface area contributed by atoms with Crippen LogP contribution in [-0.4, -0.2) is 22.9 Å². The van der Waals surface area contributed by atoms with Crippen molar-refractivity contribution < 1.29 is 9.90 Å². The summed E-state index contributed by atoms with van der Waals surface area (Å²) in [5, 5.41) is 8.36. The normalized spacial score (nSPS) is 13.1. The van der Waals surface area contributed by atoms with Crippen molar-refractivity contribution in [2.75, 3.05) is 5.75 Å². The quantitative estimate of drug-likeness (QED) is 0.452. The zero-order valence-corrected chi connectivity index (χ0v) is 6.53. The van der Waals surface area contributed by atoms with E-state index < -0.39 is 12.0 Å². The first-order valence-electron chi connectivity index (χ1n) is 2.45. The molecule has 2 N–H and O–H groups in total. The second-order valence-electron chi connectivity index (χ2n) is 1.53. The first-order chi connectivity index (χ1) is 4.22. The van der Waals surface area contributed by atoms with Gasteiger partial charge in [0.1, 0.15) is 6.04 Å². The smallest absolute Gasteiger partial charge is 0.321 e. The van der Waals surface area contributed by atoms with Crippen LogP contribution in [0.2, 0.25) is 0 Å². The van der Waals surface area contributed by atoms with Crippen molar-refractivity contribution in [1.82, 2.24) is 4.72 Å². The van der Waals surface area contributed by atoms with Crippen LogP contribution in [0.15, 0.2) is 0 Å². The summed E-state index contributed by atoms with van der Waals surface area (Å²) in [7, 11) is 0. The van der Waals surface area contributed by atoms with E-state index >= 15 is 0 Å². The Labute approximate surface area is 64.8 Å². The Balaban J connectivity index is 3.54. The Morgan fingerprint density at radius 1 is 1.78 bits per heavy atom. The number of carboxylic acids is 1. The average Bonchev–Trinajstić information content (AvgIpc) is 1.82. The van der Waals surface area contributed by atoms with Crippen LogP contribution in [0.4, 0.5) is 0 Å². The highest BCUT2D eigenvalue weighted by molar-refractivity contribution is 7.80. The van der Waals surface area contributed by atoms with E-state index in [1.54, 1.807) is 0 Å². The van der Waals surface area contributed by atoms with E-state index in [-0.39, 0.29) is 0 Å². The average molecular weight is 167 g/mol. The number of aliphatic carboxylic acids is 1. The van der Waals surface area contributed by atoms with Gasteiger partial charge in [-0.05, 0) is 12.2 Å². The maximum Gasteiger partial charge on any atom is 0.321 e. The second-order valence-corrected chi connectivity index (χ2v) is 2.24. The highest BCUT2D eigenvalue weighted by Gasteiger charge is 2.12. The largest absolute Gasteiger partial charge is 0.480 e. The van der Waals surface area contributed by atoms with E-state index in [1.807, 2.05) is 0 Å². The highest BCUT2D eigenvalue weighted by atomic mass is 32.1. The molecule has 54 valence electrons. The fraction of sp³-hybridized carbons (Fsp3) is 0.750. The van der Waals surface area contributed by atoms with Gasteiger partial charge >= 0.3 is 5.97 Å². The zero-order valence-electron chi connectivity index (χ0n) is 4.74. The maximum absolute atomic E-state index is 10.2. The number of carboxylic acid groups (broad SMARTS) is 1. The SMILES string of the molecule is O=C(O)C(CCS)NS. The molecule has 1 unspecified atom stereocenters. The van der Waals surface area contributed by atoms with Gasteiger partial charge in [-0.15, -0.1) is 0 Å². The molecule has 0 amide bonds. The summed E-state index contributed by atoms with van der Waals surface area (Å²) < 4.78 is 2.35. The summed E-state index contributed by atoms with van der Waals surface area (Å²) >= 11 is 7.50. The molecule has 0 saturated carbocycles. The van der Waals surface area contributed by atoms with Gasteiger partial charge in [-0.3, -0.25) is 9.52 Å². The lowest BCUT2D eigenvalue weighted by atomic mass is 10.2. The number of hydrogen-bond acceptors (Lipinski definition) is 4. The van der Waals surface area contributed by atoms with Crippen LogP contribution in [0.1, 0.15) is 6.42 Å². The predicted molar refractivity (Wildman–Crippen MR) is 42.0 cm³/mol. The standard InChI is InChI=1S/C4H9NO2S2/c6-4(7)3(5-9)1-2-8/h3,5,8-9H,1-2H2,(H,6,7). The van der Waals surface area contributed by atoms with E-state index in [0.29, 0.717) is 12.2 Å². The highest BCUT2D eigenvalue weighted by Crippen LogP contribution is 1.94. The van der Waals surface area contributed by atoms with E-state index in [2.05, 4.69) is 30.2 Å². The van der Waals surface area contributed by atoms with Gasteiger partial charge in [0.15, 0.2) is 0 Å². The molecule has 0 heterocycles. The van der Waals surface area contributed by atoms with Crippen molar-refractivity contribution in [3.63, 3.8) is 0 Å². The monoisotopic (exact) mass is 167 g/mol. The molecule has 5 heteroatoms. The van der Waals surface area contributed by atoms with Crippen molar-refractivity contribution in [2.45, 2.75) is 12.5 Å². The molecule has 0 rings (SSSR count). The minimum absolute atomic E-state index is 0.488. The molecular formula is C4H9NO2S2. The number of nitrogens with one attached hydrogen (secondary N) is 1. The summed E-state index contributed by atoms with van der Waals surface area (Å²) in [5.41, 5.74) is 0. The van der Waals surface area contributed by atoms with Crippen LogP contribution in [0.3, 0.4) is 0 Å². The first-order valence-corrected chi connectivity index (χ1v) is 3.53. The Kier molecular flexibility index (Phi) is 5.03. The van der Waals surface area contributed by atoms with Crippen LogP contribution in [0, 0.1) is 0 Å². The topological polar surface area (TPSA) is 49.3 Å². The van der Waals surface area contributed by atoms with Crippen LogP contribution in [-0.2, 0) is 4.79 Å². The van der Waals surface area contributed by atoms with Crippen molar-refractivity contribution >= 4 is 31.4 Å². The lowest BCUT2D eigenvalue weighted by Gasteiger charge is -2.06. The lowest BCUT2D eigenvalue weighted by molar-refractivity contribution is -0.138. The van der Waals surface area contributed by atoms with E-state index in [0.717, 1.165) is 0 Å². The summed E-state index contributed by atoms with van der Waals surface area (Å²) in [6, 6.07) is -0.578. The molecule has 0 aliphatic carbocycles.